The van der Waals surface area contributed by atoms with Gasteiger partial charge in [0.2, 0.25) is 5.91 Å². The van der Waals surface area contributed by atoms with Crippen LogP contribution in [-0.4, -0.2) is 35.4 Å². The van der Waals surface area contributed by atoms with Crippen molar-refractivity contribution in [2.24, 2.45) is 0 Å². The minimum Gasteiger partial charge on any atom is -0.345 e. The molecule has 16 heavy (non-hydrogen) atoms. The molecular weight excluding hydrogens is 218 g/mol. The van der Waals surface area contributed by atoms with Crippen LogP contribution in [0.2, 0.25) is 0 Å². The van der Waals surface area contributed by atoms with Crippen molar-refractivity contribution >= 4 is 17.7 Å². The molecule has 2 nitrogen and oxygen atoms in total. The maximum Gasteiger partial charge on any atom is 0.235 e. The van der Waals surface area contributed by atoms with Crippen LogP contribution in [0.25, 0.3) is 0 Å². The Balaban J connectivity index is 1.75. The van der Waals surface area contributed by atoms with Crippen molar-refractivity contribution in [3.63, 3.8) is 0 Å². The number of hydrogen-bond donors (Lipinski definition) is 0. The van der Waals surface area contributed by atoms with Crippen LogP contribution in [0.5, 0.6) is 0 Å². The number of hydrogen-bond acceptors (Lipinski definition) is 2. The van der Waals surface area contributed by atoms with Gasteiger partial charge in [0.05, 0.1) is 5.25 Å². The van der Waals surface area contributed by atoms with Gasteiger partial charge in [0.1, 0.15) is 0 Å². The summed E-state index contributed by atoms with van der Waals surface area (Å²) in [6, 6.07) is 10.4. The summed E-state index contributed by atoms with van der Waals surface area (Å²) in [5.41, 5.74) is 1.36. The fourth-order valence-corrected chi connectivity index (χ4v) is 3.14. The zero-order chi connectivity index (χ0) is 11.4. The summed E-state index contributed by atoms with van der Waals surface area (Å²) in [7, 11) is 1.89. The lowest BCUT2D eigenvalue weighted by Gasteiger charge is -2.09. The number of carbonyl (C=O) groups excluding carboxylic acids is 1. The quantitative estimate of drug-likeness (QED) is 0.797. The third-order valence-corrected chi connectivity index (χ3v) is 4.21. The van der Waals surface area contributed by atoms with Gasteiger partial charge in [-0.05, 0) is 24.2 Å². The highest BCUT2D eigenvalue weighted by Crippen LogP contribution is 2.23. The average molecular weight is 235 g/mol. The number of aryl methyl sites for hydroxylation is 1. The van der Waals surface area contributed by atoms with Crippen molar-refractivity contribution in [3.05, 3.63) is 35.9 Å². The topological polar surface area (TPSA) is 20.3 Å². The normalized spacial score (nSPS) is 20.4. The molecule has 1 aromatic carbocycles. The number of benzene rings is 1. The predicted molar refractivity (Wildman–Crippen MR) is 68.6 cm³/mol. The number of nitrogens with zero attached hydrogens (tertiary/aromatic N) is 1. The monoisotopic (exact) mass is 235 g/mol. The van der Waals surface area contributed by atoms with Gasteiger partial charge in [-0.3, -0.25) is 4.79 Å². The van der Waals surface area contributed by atoms with E-state index in [4.69, 9.17) is 0 Å². The largest absolute Gasteiger partial charge is 0.345 e. The fraction of sp³-hybridized carbons (Fsp3) is 0.462. The molecule has 1 heterocycles. The Morgan fingerprint density at radius 3 is 2.75 bits per heavy atom. The molecule has 0 bridgehead atoms. The van der Waals surface area contributed by atoms with Crippen LogP contribution >= 0.6 is 11.8 Å². The van der Waals surface area contributed by atoms with E-state index in [0.29, 0.717) is 5.91 Å². The molecule has 2 rings (SSSR count). The Hall–Kier alpha value is -0.960. The molecule has 1 fully saturated rings. The lowest BCUT2D eigenvalue weighted by Crippen LogP contribution is -2.24. The van der Waals surface area contributed by atoms with Gasteiger partial charge in [0.25, 0.3) is 0 Å². The third-order valence-electron chi connectivity index (χ3n) is 2.93. The Morgan fingerprint density at radius 1 is 1.38 bits per heavy atom. The van der Waals surface area contributed by atoms with Gasteiger partial charge in [-0.15, -0.1) is 11.8 Å². The molecule has 1 aromatic rings. The summed E-state index contributed by atoms with van der Waals surface area (Å²) in [6.45, 7) is 0.918. The highest BCUT2D eigenvalue weighted by Gasteiger charge is 2.28. The minimum atomic E-state index is 0.203. The first-order chi connectivity index (χ1) is 7.77. The van der Waals surface area contributed by atoms with E-state index in [-0.39, 0.29) is 5.25 Å². The summed E-state index contributed by atoms with van der Waals surface area (Å²) in [5, 5.41) is 0.203. The van der Waals surface area contributed by atoms with Crippen LogP contribution in [-0.2, 0) is 11.2 Å². The van der Waals surface area contributed by atoms with Crippen LogP contribution in [0.15, 0.2) is 30.3 Å². The molecule has 0 unspecified atom stereocenters. The van der Waals surface area contributed by atoms with Crippen LogP contribution in [0, 0.1) is 0 Å². The lowest BCUT2D eigenvalue weighted by atomic mass is 10.2. The van der Waals surface area contributed by atoms with Gasteiger partial charge in [0.15, 0.2) is 0 Å². The molecule has 3 heteroatoms. The highest BCUT2D eigenvalue weighted by atomic mass is 32.2. The minimum absolute atomic E-state index is 0.203. The van der Waals surface area contributed by atoms with E-state index < -0.39 is 0 Å². The molecule has 0 aromatic heterocycles. The van der Waals surface area contributed by atoms with E-state index in [9.17, 15) is 4.79 Å². The van der Waals surface area contributed by atoms with Gasteiger partial charge < -0.3 is 4.90 Å². The van der Waals surface area contributed by atoms with Crippen molar-refractivity contribution in [3.8, 4) is 0 Å². The van der Waals surface area contributed by atoms with Gasteiger partial charge >= 0.3 is 0 Å². The summed E-state index contributed by atoms with van der Waals surface area (Å²) in [6.07, 6.45) is 2.06. The van der Waals surface area contributed by atoms with E-state index in [1.165, 1.54) is 5.56 Å². The van der Waals surface area contributed by atoms with Crippen molar-refractivity contribution < 1.29 is 4.79 Å². The number of thioether (sulfide) groups is 1. The van der Waals surface area contributed by atoms with Crippen LogP contribution in [0.4, 0.5) is 0 Å². The second kappa shape index (κ2) is 5.39. The third kappa shape index (κ3) is 2.79. The van der Waals surface area contributed by atoms with Crippen molar-refractivity contribution in [2.75, 3.05) is 19.3 Å². The second-order valence-corrected chi connectivity index (χ2v) is 5.45. The van der Waals surface area contributed by atoms with Gasteiger partial charge in [-0.2, -0.15) is 0 Å². The molecule has 0 saturated carbocycles. The van der Waals surface area contributed by atoms with E-state index in [1.807, 2.05) is 18.0 Å². The Bertz CT molecular complexity index is 352. The summed E-state index contributed by atoms with van der Waals surface area (Å²) in [5.74, 6) is 1.34. The molecule has 0 radical (unpaired) electrons. The number of likely N-dealkylation sites (tertiary alicyclic amines) is 1. The maximum absolute atomic E-state index is 11.7. The van der Waals surface area contributed by atoms with E-state index in [2.05, 4.69) is 24.3 Å². The number of amides is 1. The fourth-order valence-electron chi connectivity index (χ4n) is 1.91. The Labute approximate surface area is 101 Å². The smallest absolute Gasteiger partial charge is 0.235 e. The molecule has 0 aliphatic carbocycles. The zero-order valence-electron chi connectivity index (χ0n) is 9.56. The maximum atomic E-state index is 11.7. The first-order valence-corrected chi connectivity index (χ1v) is 6.73. The second-order valence-electron chi connectivity index (χ2n) is 4.14. The number of rotatable bonds is 4. The van der Waals surface area contributed by atoms with Crippen molar-refractivity contribution in [1.82, 2.24) is 4.90 Å². The number of carbonyl (C=O) groups is 1. The molecule has 0 N–H and O–H groups in total. The predicted octanol–water partition coefficient (Wildman–Crippen LogP) is 2.19. The van der Waals surface area contributed by atoms with Gasteiger partial charge in [0, 0.05) is 13.6 Å². The molecule has 0 spiro atoms. The lowest BCUT2D eigenvalue weighted by molar-refractivity contribution is -0.126. The van der Waals surface area contributed by atoms with Crippen LogP contribution in [0.1, 0.15) is 12.0 Å². The molecule has 1 aliphatic rings. The van der Waals surface area contributed by atoms with Gasteiger partial charge in [-0.25, -0.2) is 0 Å². The van der Waals surface area contributed by atoms with E-state index in [0.717, 1.165) is 25.1 Å². The average Bonchev–Trinajstić information content (AvgIpc) is 2.62. The summed E-state index contributed by atoms with van der Waals surface area (Å²) < 4.78 is 0. The highest BCUT2D eigenvalue weighted by molar-refractivity contribution is 8.00. The molecule has 1 amide bonds. The zero-order valence-corrected chi connectivity index (χ0v) is 10.4. The summed E-state index contributed by atoms with van der Waals surface area (Å²) >= 11 is 1.80. The van der Waals surface area contributed by atoms with Crippen molar-refractivity contribution in [2.45, 2.75) is 18.1 Å². The summed E-state index contributed by atoms with van der Waals surface area (Å²) in [4.78, 5) is 13.5. The molecular formula is C13H17NOS. The van der Waals surface area contributed by atoms with E-state index in [1.54, 1.807) is 11.8 Å². The Morgan fingerprint density at radius 2 is 2.12 bits per heavy atom. The Kier molecular flexibility index (Phi) is 3.88. The standard InChI is InChI=1S/C13H17NOS/c1-14-9-7-12(13(14)15)16-10-8-11-5-3-2-4-6-11/h2-6,12H,7-10H2,1H3/t12-/m1/s1. The van der Waals surface area contributed by atoms with E-state index >= 15 is 0 Å². The van der Waals surface area contributed by atoms with Crippen LogP contribution in [0.3, 0.4) is 0 Å². The molecule has 86 valence electrons. The first kappa shape index (κ1) is 11.5. The molecule has 1 aliphatic heterocycles. The van der Waals surface area contributed by atoms with Crippen LogP contribution < -0.4 is 0 Å². The molecule has 1 atom stereocenters. The first-order valence-electron chi connectivity index (χ1n) is 5.68. The SMILES string of the molecule is CN1CC[C@@H](SCCc2ccccc2)C1=O. The van der Waals surface area contributed by atoms with Crippen molar-refractivity contribution in [1.29, 1.82) is 0 Å². The molecule has 1 saturated heterocycles. The van der Waals surface area contributed by atoms with Gasteiger partial charge in [-0.1, -0.05) is 30.3 Å².